The third kappa shape index (κ3) is 3.96. The van der Waals surface area contributed by atoms with Gasteiger partial charge in [0, 0.05) is 7.05 Å². The Morgan fingerprint density at radius 3 is 2.18 bits per heavy atom. The number of rotatable bonds is 4. The Hall–Kier alpha value is -2.11. The van der Waals surface area contributed by atoms with E-state index in [9.17, 15) is 35.2 Å². The van der Waals surface area contributed by atoms with E-state index in [4.69, 9.17) is 0 Å². The number of carbonyl (C=O) groups excluding carboxylic acids is 1. The Bertz CT molecular complexity index is 660. The quantitative estimate of drug-likeness (QED) is 0.813. The van der Waals surface area contributed by atoms with Crippen LogP contribution in [0.1, 0.15) is 0 Å². The standard InChI is InChI=1S/C10H9F5N2O4S/c1-16-8(18)17-22(19,20)7-5-3-2-4-6(7)21-10(14,15)9(11,12)13/h2-5H,1H3,(H2,16,17,18). The number of alkyl halides is 5. The molecule has 0 radical (unpaired) electrons. The highest BCUT2D eigenvalue weighted by molar-refractivity contribution is 7.90. The minimum atomic E-state index is -6.04. The lowest BCUT2D eigenvalue weighted by Gasteiger charge is -2.21. The maximum absolute atomic E-state index is 12.9. The number of sulfonamides is 1. The van der Waals surface area contributed by atoms with Crippen LogP contribution in [0.15, 0.2) is 29.2 Å². The van der Waals surface area contributed by atoms with Crippen molar-refractivity contribution in [1.29, 1.82) is 0 Å². The zero-order valence-corrected chi connectivity index (χ0v) is 11.6. The minimum absolute atomic E-state index is 0.595. The van der Waals surface area contributed by atoms with Crippen LogP contribution in [0.25, 0.3) is 0 Å². The maximum Gasteiger partial charge on any atom is 0.499 e. The van der Waals surface area contributed by atoms with Gasteiger partial charge < -0.3 is 10.1 Å². The molecule has 1 aromatic rings. The fourth-order valence-electron chi connectivity index (χ4n) is 1.18. The van der Waals surface area contributed by atoms with E-state index in [1.165, 1.54) is 4.72 Å². The molecule has 0 bridgehead atoms. The lowest BCUT2D eigenvalue weighted by atomic mass is 10.3. The van der Waals surface area contributed by atoms with Crippen molar-refractivity contribution in [3.63, 3.8) is 0 Å². The van der Waals surface area contributed by atoms with Gasteiger partial charge in [-0.15, -0.1) is 0 Å². The smallest absolute Gasteiger partial charge is 0.424 e. The highest BCUT2D eigenvalue weighted by Crippen LogP contribution is 2.38. The summed E-state index contributed by atoms with van der Waals surface area (Å²) >= 11 is 0. The highest BCUT2D eigenvalue weighted by atomic mass is 32.2. The van der Waals surface area contributed by atoms with E-state index < -0.39 is 39.0 Å². The average Bonchev–Trinajstić information content (AvgIpc) is 2.36. The molecule has 0 aromatic heterocycles. The number of para-hydroxylation sites is 1. The topological polar surface area (TPSA) is 84.5 Å². The Labute approximate surface area is 121 Å². The Morgan fingerprint density at radius 2 is 1.68 bits per heavy atom. The number of carbonyl (C=O) groups is 1. The van der Waals surface area contributed by atoms with E-state index in [1.54, 1.807) is 0 Å². The summed E-state index contributed by atoms with van der Waals surface area (Å²) in [6.07, 6.45) is -11.6. The van der Waals surface area contributed by atoms with Crippen molar-refractivity contribution in [3.8, 4) is 5.75 Å². The zero-order valence-electron chi connectivity index (χ0n) is 10.7. The maximum atomic E-state index is 12.9. The number of hydrogen-bond acceptors (Lipinski definition) is 4. The van der Waals surface area contributed by atoms with Gasteiger partial charge in [-0.2, -0.15) is 22.0 Å². The van der Waals surface area contributed by atoms with Crippen LogP contribution in [-0.4, -0.2) is 33.8 Å². The molecule has 1 rings (SSSR count). The van der Waals surface area contributed by atoms with Crippen LogP contribution >= 0.6 is 0 Å². The van der Waals surface area contributed by atoms with Crippen molar-refractivity contribution in [1.82, 2.24) is 10.0 Å². The normalized spacial score (nSPS) is 12.6. The lowest BCUT2D eigenvalue weighted by molar-refractivity contribution is -0.361. The van der Waals surface area contributed by atoms with Crippen molar-refractivity contribution < 1.29 is 39.9 Å². The first-order valence-corrected chi connectivity index (χ1v) is 6.86. The molecule has 0 spiro atoms. The molecule has 0 aliphatic heterocycles. The number of hydrogen-bond donors (Lipinski definition) is 2. The number of ether oxygens (including phenoxy) is 1. The van der Waals surface area contributed by atoms with Crippen molar-refractivity contribution in [2.75, 3.05) is 7.05 Å². The molecule has 6 nitrogen and oxygen atoms in total. The van der Waals surface area contributed by atoms with Crippen molar-refractivity contribution in [2.24, 2.45) is 0 Å². The second-order valence-corrected chi connectivity index (χ2v) is 5.40. The summed E-state index contributed by atoms with van der Waals surface area (Å²) in [7, 11) is -3.63. The molecule has 0 heterocycles. The zero-order chi connectivity index (χ0) is 17.2. The molecule has 2 amide bonds. The van der Waals surface area contributed by atoms with Crippen LogP contribution in [0.3, 0.4) is 0 Å². The molecule has 0 aliphatic rings. The highest BCUT2D eigenvalue weighted by Gasteiger charge is 2.61. The fourth-order valence-corrected chi connectivity index (χ4v) is 2.27. The van der Waals surface area contributed by atoms with Gasteiger partial charge in [-0.25, -0.2) is 17.9 Å². The van der Waals surface area contributed by atoms with Gasteiger partial charge in [0.05, 0.1) is 0 Å². The van der Waals surface area contributed by atoms with Gasteiger partial charge >= 0.3 is 18.3 Å². The van der Waals surface area contributed by atoms with Gasteiger partial charge in [0.25, 0.3) is 10.0 Å². The molecular weight excluding hydrogens is 339 g/mol. The van der Waals surface area contributed by atoms with E-state index in [0.29, 0.717) is 12.1 Å². The largest absolute Gasteiger partial charge is 0.499 e. The van der Waals surface area contributed by atoms with Crippen LogP contribution in [0.2, 0.25) is 0 Å². The molecule has 124 valence electrons. The molecule has 0 atom stereocenters. The van der Waals surface area contributed by atoms with Gasteiger partial charge in [-0.1, -0.05) is 12.1 Å². The molecule has 12 heteroatoms. The van der Waals surface area contributed by atoms with Gasteiger partial charge in [0.1, 0.15) is 10.6 Å². The van der Waals surface area contributed by atoms with Gasteiger partial charge in [0.15, 0.2) is 0 Å². The lowest BCUT2D eigenvalue weighted by Crippen LogP contribution is -2.42. The Balaban J connectivity index is 3.24. The Kier molecular flexibility index (Phi) is 4.85. The number of urea groups is 1. The predicted octanol–water partition coefficient (Wildman–Crippen LogP) is 1.84. The molecule has 2 N–H and O–H groups in total. The summed E-state index contributed by atoms with van der Waals surface area (Å²) in [5.41, 5.74) is 0. The van der Waals surface area contributed by atoms with Gasteiger partial charge in [0.2, 0.25) is 0 Å². The number of halogens is 5. The fraction of sp³-hybridized carbons (Fsp3) is 0.300. The molecule has 0 saturated carbocycles. The summed E-state index contributed by atoms with van der Waals surface area (Å²) in [6.45, 7) is 0. The van der Waals surface area contributed by atoms with E-state index in [0.717, 1.165) is 19.2 Å². The Morgan fingerprint density at radius 1 is 1.14 bits per heavy atom. The van der Waals surface area contributed by atoms with Crippen molar-refractivity contribution >= 4 is 16.1 Å². The number of benzene rings is 1. The number of amides is 2. The molecule has 0 unspecified atom stereocenters. The first kappa shape index (κ1) is 17.9. The summed E-state index contributed by atoms with van der Waals surface area (Å²) < 4.78 is 90.5. The molecule has 1 aromatic carbocycles. The molecule has 0 aliphatic carbocycles. The third-order valence-corrected chi connectivity index (χ3v) is 3.53. The van der Waals surface area contributed by atoms with E-state index in [2.05, 4.69) is 4.74 Å². The molecule has 0 fully saturated rings. The summed E-state index contributed by atoms with van der Waals surface area (Å²) in [5, 5.41) is 1.88. The van der Waals surface area contributed by atoms with E-state index in [-0.39, 0.29) is 0 Å². The van der Waals surface area contributed by atoms with Crippen molar-refractivity contribution in [2.45, 2.75) is 17.2 Å². The minimum Gasteiger partial charge on any atom is -0.424 e. The molecular formula is C10H9F5N2O4S. The summed E-state index contributed by atoms with van der Waals surface area (Å²) in [6, 6.07) is 2.13. The van der Waals surface area contributed by atoms with Crippen LogP contribution in [-0.2, 0) is 10.0 Å². The SMILES string of the molecule is CNC(=O)NS(=O)(=O)c1ccccc1OC(F)(F)C(F)(F)F. The van der Waals surface area contributed by atoms with Crippen LogP contribution in [0.4, 0.5) is 26.7 Å². The second-order valence-electron chi connectivity index (χ2n) is 3.75. The monoisotopic (exact) mass is 348 g/mol. The first-order valence-electron chi connectivity index (χ1n) is 5.38. The average molecular weight is 348 g/mol. The molecule has 22 heavy (non-hydrogen) atoms. The van der Waals surface area contributed by atoms with Crippen LogP contribution < -0.4 is 14.8 Å². The van der Waals surface area contributed by atoms with Gasteiger partial charge in [-0.05, 0) is 12.1 Å². The second kappa shape index (κ2) is 5.94. The summed E-state index contributed by atoms with van der Waals surface area (Å²) in [5.74, 6) is -1.26. The molecule has 0 saturated heterocycles. The van der Waals surface area contributed by atoms with Crippen LogP contribution in [0.5, 0.6) is 5.75 Å². The van der Waals surface area contributed by atoms with E-state index >= 15 is 0 Å². The number of nitrogens with one attached hydrogen (secondary N) is 2. The van der Waals surface area contributed by atoms with E-state index in [1.807, 2.05) is 5.32 Å². The van der Waals surface area contributed by atoms with Crippen molar-refractivity contribution in [3.05, 3.63) is 24.3 Å². The summed E-state index contributed by atoms with van der Waals surface area (Å²) in [4.78, 5) is 9.93. The third-order valence-electron chi connectivity index (χ3n) is 2.16. The van der Waals surface area contributed by atoms with Gasteiger partial charge in [-0.3, -0.25) is 0 Å². The van der Waals surface area contributed by atoms with Crippen LogP contribution in [0, 0.1) is 0 Å². The predicted molar refractivity (Wildman–Crippen MR) is 62.8 cm³/mol. The first-order chi connectivity index (χ1) is 9.90.